The monoisotopic (exact) mass is 415 g/mol. The van der Waals surface area contributed by atoms with Gasteiger partial charge in [0.05, 0.1) is 37.1 Å². The van der Waals surface area contributed by atoms with Crippen molar-refractivity contribution in [2.24, 2.45) is 0 Å². The standard InChI is InChI=1S/C24H21N3O4/c25-13-18-3-1-2-4-20(18)16-5-6-21-17(11-16)7-8-27-22(21)12-23(26-24(27)28)31-15-19-14-29-9-10-30-19/h1-6,11-12,19H,7-10,14-15H2/t19-/m1/s1. The number of nitrogens with zero attached hydrogens (tertiary/aromatic N) is 3. The first-order valence-corrected chi connectivity index (χ1v) is 10.3. The summed E-state index contributed by atoms with van der Waals surface area (Å²) in [5, 5.41) is 9.43. The molecule has 156 valence electrons. The SMILES string of the molecule is N#Cc1ccccc1-c1ccc2c(c1)CCn1c-2cc(OC[C@H]2COCCO2)nc1=O. The van der Waals surface area contributed by atoms with E-state index in [2.05, 4.69) is 17.1 Å². The van der Waals surface area contributed by atoms with Gasteiger partial charge in [0.1, 0.15) is 12.7 Å². The highest BCUT2D eigenvalue weighted by molar-refractivity contribution is 5.76. The third-order valence-electron chi connectivity index (χ3n) is 5.63. The van der Waals surface area contributed by atoms with Crippen LogP contribution in [0.5, 0.6) is 5.88 Å². The lowest BCUT2D eigenvalue weighted by Gasteiger charge is -2.24. The Morgan fingerprint density at radius 3 is 2.90 bits per heavy atom. The minimum absolute atomic E-state index is 0.163. The molecule has 3 aromatic rings. The van der Waals surface area contributed by atoms with Crippen molar-refractivity contribution in [3.05, 3.63) is 70.1 Å². The van der Waals surface area contributed by atoms with Crippen molar-refractivity contribution in [1.29, 1.82) is 5.26 Å². The molecule has 0 saturated carbocycles. The molecule has 0 N–H and O–H groups in total. The van der Waals surface area contributed by atoms with Crippen molar-refractivity contribution in [2.45, 2.75) is 19.1 Å². The van der Waals surface area contributed by atoms with E-state index in [-0.39, 0.29) is 24.3 Å². The molecule has 31 heavy (non-hydrogen) atoms. The molecule has 0 unspecified atom stereocenters. The van der Waals surface area contributed by atoms with Crippen LogP contribution >= 0.6 is 0 Å². The van der Waals surface area contributed by atoms with Crippen LogP contribution in [0.1, 0.15) is 11.1 Å². The fourth-order valence-electron chi connectivity index (χ4n) is 4.09. The highest BCUT2D eigenvalue weighted by atomic mass is 16.6. The van der Waals surface area contributed by atoms with Crippen molar-refractivity contribution < 1.29 is 14.2 Å². The number of rotatable bonds is 4. The number of hydrogen-bond donors (Lipinski definition) is 0. The number of benzene rings is 2. The Hall–Kier alpha value is -3.47. The van der Waals surface area contributed by atoms with E-state index < -0.39 is 0 Å². The van der Waals surface area contributed by atoms with Crippen LogP contribution in [-0.4, -0.2) is 42.1 Å². The van der Waals surface area contributed by atoms with Crippen LogP contribution in [0, 0.1) is 11.3 Å². The van der Waals surface area contributed by atoms with E-state index >= 15 is 0 Å². The zero-order valence-corrected chi connectivity index (χ0v) is 16.9. The van der Waals surface area contributed by atoms with Crippen molar-refractivity contribution in [2.75, 3.05) is 26.4 Å². The van der Waals surface area contributed by atoms with Crippen LogP contribution in [0.2, 0.25) is 0 Å². The number of fused-ring (bicyclic) bond motifs is 3. The number of ether oxygens (including phenoxy) is 3. The summed E-state index contributed by atoms with van der Waals surface area (Å²) in [7, 11) is 0. The van der Waals surface area contributed by atoms with Gasteiger partial charge in [-0.3, -0.25) is 4.57 Å². The van der Waals surface area contributed by atoms with Crippen molar-refractivity contribution in [1.82, 2.24) is 9.55 Å². The molecule has 1 fully saturated rings. The molecular weight excluding hydrogens is 394 g/mol. The van der Waals surface area contributed by atoms with Gasteiger partial charge in [-0.05, 0) is 29.2 Å². The Morgan fingerprint density at radius 2 is 2.06 bits per heavy atom. The molecule has 2 aliphatic rings. The third kappa shape index (κ3) is 3.83. The highest BCUT2D eigenvalue weighted by Gasteiger charge is 2.21. The van der Waals surface area contributed by atoms with Gasteiger partial charge >= 0.3 is 5.69 Å². The fourth-order valence-corrected chi connectivity index (χ4v) is 4.09. The normalized spacial score (nSPS) is 17.3. The Morgan fingerprint density at radius 1 is 1.16 bits per heavy atom. The number of aromatic nitrogens is 2. The zero-order valence-electron chi connectivity index (χ0n) is 16.9. The molecule has 7 heteroatoms. The van der Waals surface area contributed by atoms with Gasteiger partial charge in [-0.2, -0.15) is 10.2 Å². The molecule has 0 amide bonds. The summed E-state index contributed by atoms with van der Waals surface area (Å²) in [6, 6.07) is 17.7. The second kappa shape index (κ2) is 8.34. The molecule has 1 aromatic heterocycles. The molecule has 0 spiro atoms. The van der Waals surface area contributed by atoms with Gasteiger partial charge < -0.3 is 14.2 Å². The molecule has 2 aromatic carbocycles. The lowest BCUT2D eigenvalue weighted by atomic mass is 9.92. The Bertz CT molecular complexity index is 1220. The van der Waals surface area contributed by atoms with Crippen LogP contribution < -0.4 is 10.4 Å². The predicted molar refractivity (Wildman–Crippen MR) is 114 cm³/mol. The maximum absolute atomic E-state index is 12.6. The van der Waals surface area contributed by atoms with E-state index in [1.54, 1.807) is 4.57 Å². The maximum Gasteiger partial charge on any atom is 0.351 e. The largest absolute Gasteiger partial charge is 0.475 e. The average molecular weight is 415 g/mol. The molecule has 1 saturated heterocycles. The number of hydrogen-bond acceptors (Lipinski definition) is 6. The molecule has 1 atom stereocenters. The fraction of sp³-hybridized carbons (Fsp3) is 0.292. The van der Waals surface area contributed by atoms with Crippen LogP contribution in [-0.2, 0) is 22.4 Å². The first-order chi connectivity index (χ1) is 15.2. The van der Waals surface area contributed by atoms with Crippen LogP contribution in [0.3, 0.4) is 0 Å². The topological polar surface area (TPSA) is 86.4 Å². The second-order valence-electron chi connectivity index (χ2n) is 7.57. The van der Waals surface area contributed by atoms with Gasteiger partial charge in [0.15, 0.2) is 0 Å². The first-order valence-electron chi connectivity index (χ1n) is 10.3. The lowest BCUT2D eigenvalue weighted by Crippen LogP contribution is -2.34. The molecule has 0 radical (unpaired) electrons. The molecular formula is C24H21N3O4. The van der Waals surface area contributed by atoms with E-state index in [4.69, 9.17) is 14.2 Å². The van der Waals surface area contributed by atoms with E-state index in [0.717, 1.165) is 34.4 Å². The molecule has 2 aliphatic heterocycles. The van der Waals surface area contributed by atoms with Gasteiger partial charge in [-0.1, -0.05) is 36.4 Å². The van der Waals surface area contributed by atoms with Crippen molar-refractivity contribution in [3.63, 3.8) is 0 Å². The van der Waals surface area contributed by atoms with Gasteiger partial charge in [0.2, 0.25) is 5.88 Å². The third-order valence-corrected chi connectivity index (χ3v) is 5.63. The molecule has 5 rings (SSSR count). The van der Waals surface area contributed by atoms with E-state index in [1.165, 1.54) is 0 Å². The maximum atomic E-state index is 12.6. The summed E-state index contributed by atoms with van der Waals surface area (Å²) >= 11 is 0. The highest BCUT2D eigenvalue weighted by Crippen LogP contribution is 2.34. The molecule has 3 heterocycles. The van der Waals surface area contributed by atoms with Gasteiger partial charge in [-0.25, -0.2) is 4.79 Å². The van der Waals surface area contributed by atoms with Crippen LogP contribution in [0.25, 0.3) is 22.4 Å². The molecule has 0 aliphatic carbocycles. The van der Waals surface area contributed by atoms with E-state index in [0.29, 0.717) is 31.9 Å². The second-order valence-corrected chi connectivity index (χ2v) is 7.57. The zero-order chi connectivity index (χ0) is 21.2. The summed E-state index contributed by atoms with van der Waals surface area (Å²) in [5.74, 6) is 0.289. The summed E-state index contributed by atoms with van der Waals surface area (Å²) in [6.07, 6.45) is 0.560. The minimum Gasteiger partial charge on any atom is -0.475 e. The Labute approximate surface area is 179 Å². The summed E-state index contributed by atoms with van der Waals surface area (Å²) < 4.78 is 18.4. The summed E-state index contributed by atoms with van der Waals surface area (Å²) in [5.41, 5.74) is 5.12. The quantitative estimate of drug-likeness (QED) is 0.651. The minimum atomic E-state index is -0.321. The Kier molecular flexibility index (Phi) is 5.24. The lowest BCUT2D eigenvalue weighted by molar-refractivity contribution is -0.102. The molecule has 7 nitrogen and oxygen atoms in total. The summed E-state index contributed by atoms with van der Waals surface area (Å²) in [6.45, 7) is 2.44. The smallest absolute Gasteiger partial charge is 0.351 e. The van der Waals surface area contributed by atoms with Crippen LogP contribution in [0.15, 0.2) is 53.3 Å². The Balaban J connectivity index is 1.47. The average Bonchev–Trinajstić information content (AvgIpc) is 2.83. The van der Waals surface area contributed by atoms with E-state index in [1.807, 2.05) is 42.5 Å². The number of nitriles is 1. The van der Waals surface area contributed by atoms with E-state index in [9.17, 15) is 10.1 Å². The first kappa shape index (κ1) is 19.5. The van der Waals surface area contributed by atoms with Gasteiger partial charge in [-0.15, -0.1) is 0 Å². The van der Waals surface area contributed by atoms with Gasteiger partial charge in [0, 0.05) is 18.2 Å². The number of aryl methyl sites for hydroxylation is 1. The van der Waals surface area contributed by atoms with Crippen molar-refractivity contribution in [3.8, 4) is 34.3 Å². The van der Waals surface area contributed by atoms with Crippen LogP contribution in [0.4, 0.5) is 0 Å². The molecule has 0 bridgehead atoms. The predicted octanol–water partition coefficient (Wildman–Crippen LogP) is 2.80. The summed E-state index contributed by atoms with van der Waals surface area (Å²) in [4.78, 5) is 16.7. The van der Waals surface area contributed by atoms with Crippen molar-refractivity contribution >= 4 is 0 Å². The van der Waals surface area contributed by atoms with Gasteiger partial charge in [0.25, 0.3) is 0 Å².